The van der Waals surface area contributed by atoms with Gasteiger partial charge in [0.2, 0.25) is 4.33 Å². The summed E-state index contributed by atoms with van der Waals surface area (Å²) in [5.41, 5.74) is 2.08. The van der Waals surface area contributed by atoms with E-state index in [-0.39, 0.29) is 0 Å². The zero-order valence-electron chi connectivity index (χ0n) is 5.70. The fraction of sp³-hybridized carbons (Fsp3) is 0.143. The Morgan fingerprint density at radius 2 is 1.45 bits per heavy atom. The van der Waals surface area contributed by atoms with Crippen LogP contribution in [-0.4, -0.2) is 4.33 Å². The smallest absolute Gasteiger partial charge is 0.200 e. The van der Waals surface area contributed by atoms with Crippen LogP contribution in [0, 0.1) is 0 Å². The van der Waals surface area contributed by atoms with Crippen LogP contribution in [0.15, 0.2) is 24.3 Å². The maximum absolute atomic E-state index is 4.24. The molecule has 1 aromatic rings. The first-order valence-corrected chi connectivity index (χ1v) is 4.17. The molecule has 0 atom stereocenters. The number of hydrogen-bond acceptors (Lipinski definition) is 4. The largest absolute Gasteiger partial charge is 0.344 e. The maximum atomic E-state index is 4.24. The Labute approximate surface area is 76.2 Å². The molecule has 4 heteroatoms. The SMILES string of the molecule is SC1(S)Nc2ccccc2N1. The molecule has 11 heavy (non-hydrogen) atoms. The average Bonchev–Trinajstić information content (AvgIpc) is 2.21. The summed E-state index contributed by atoms with van der Waals surface area (Å²) in [4.78, 5) is 0. The Morgan fingerprint density at radius 3 is 1.91 bits per heavy atom. The molecular formula is C7H8N2S2. The van der Waals surface area contributed by atoms with Crippen molar-refractivity contribution in [3.8, 4) is 0 Å². The lowest BCUT2D eigenvalue weighted by Gasteiger charge is -2.16. The van der Waals surface area contributed by atoms with Crippen LogP contribution in [0.25, 0.3) is 0 Å². The third-order valence-electron chi connectivity index (χ3n) is 1.55. The Bertz CT molecular complexity index is 259. The van der Waals surface area contributed by atoms with Crippen LogP contribution >= 0.6 is 25.3 Å². The van der Waals surface area contributed by atoms with Gasteiger partial charge in [-0.1, -0.05) is 12.1 Å². The third kappa shape index (κ3) is 1.28. The number of para-hydroxylation sites is 2. The Hall–Kier alpha value is -0.480. The zero-order valence-corrected chi connectivity index (χ0v) is 7.49. The van der Waals surface area contributed by atoms with Crippen LogP contribution in [0.4, 0.5) is 11.4 Å². The standard InChI is InChI=1S/C7H8N2S2/c10-7(11)8-5-3-1-2-4-6(5)9-7/h1-4,8-11H. The summed E-state index contributed by atoms with van der Waals surface area (Å²) < 4.78 is -0.607. The molecule has 0 amide bonds. The monoisotopic (exact) mass is 184 g/mol. The molecule has 2 N–H and O–H groups in total. The van der Waals surface area contributed by atoms with E-state index in [1.54, 1.807) is 0 Å². The molecule has 0 spiro atoms. The number of rotatable bonds is 0. The molecule has 1 heterocycles. The molecule has 0 saturated heterocycles. The van der Waals surface area contributed by atoms with E-state index < -0.39 is 4.33 Å². The molecule has 0 saturated carbocycles. The van der Waals surface area contributed by atoms with E-state index in [4.69, 9.17) is 0 Å². The summed E-state index contributed by atoms with van der Waals surface area (Å²) in [6, 6.07) is 7.90. The van der Waals surface area contributed by atoms with Gasteiger partial charge in [0.1, 0.15) is 0 Å². The number of fused-ring (bicyclic) bond motifs is 1. The molecule has 0 radical (unpaired) electrons. The van der Waals surface area contributed by atoms with E-state index in [2.05, 4.69) is 35.9 Å². The van der Waals surface area contributed by atoms with Crippen molar-refractivity contribution >= 4 is 36.6 Å². The highest BCUT2D eigenvalue weighted by atomic mass is 32.2. The number of anilines is 2. The second-order valence-electron chi connectivity index (χ2n) is 2.47. The molecule has 0 unspecified atom stereocenters. The fourth-order valence-electron chi connectivity index (χ4n) is 1.11. The number of benzene rings is 1. The second-order valence-corrected chi connectivity index (χ2v) is 4.16. The Kier molecular flexibility index (Phi) is 1.47. The summed E-state index contributed by atoms with van der Waals surface area (Å²) in [6.07, 6.45) is 0. The highest BCUT2D eigenvalue weighted by molar-refractivity contribution is 8.01. The van der Waals surface area contributed by atoms with Crippen molar-refractivity contribution in [1.82, 2.24) is 0 Å². The molecule has 0 fully saturated rings. The first-order chi connectivity index (χ1) is 5.17. The molecule has 1 aliphatic rings. The van der Waals surface area contributed by atoms with E-state index in [0.717, 1.165) is 11.4 Å². The van der Waals surface area contributed by atoms with Crippen molar-refractivity contribution in [3.05, 3.63) is 24.3 Å². The summed E-state index contributed by atoms with van der Waals surface area (Å²) in [5.74, 6) is 0. The van der Waals surface area contributed by atoms with Gasteiger partial charge in [-0.3, -0.25) is 0 Å². The van der Waals surface area contributed by atoms with E-state index in [1.807, 2.05) is 24.3 Å². The fourth-order valence-corrected chi connectivity index (χ4v) is 1.59. The van der Waals surface area contributed by atoms with Gasteiger partial charge in [-0.15, -0.1) is 25.3 Å². The molecule has 2 rings (SSSR count). The van der Waals surface area contributed by atoms with Gasteiger partial charge in [0.05, 0.1) is 11.4 Å². The maximum Gasteiger partial charge on any atom is 0.200 e. The summed E-state index contributed by atoms with van der Waals surface area (Å²) in [7, 11) is 0. The molecule has 58 valence electrons. The molecule has 2 nitrogen and oxygen atoms in total. The van der Waals surface area contributed by atoms with Crippen molar-refractivity contribution in [3.63, 3.8) is 0 Å². The first-order valence-electron chi connectivity index (χ1n) is 3.27. The van der Waals surface area contributed by atoms with Crippen molar-refractivity contribution in [2.75, 3.05) is 10.6 Å². The van der Waals surface area contributed by atoms with Crippen molar-refractivity contribution in [2.24, 2.45) is 0 Å². The molecule has 1 aliphatic heterocycles. The van der Waals surface area contributed by atoms with Gasteiger partial charge in [-0.25, -0.2) is 0 Å². The van der Waals surface area contributed by atoms with E-state index in [0.29, 0.717) is 0 Å². The van der Waals surface area contributed by atoms with Gasteiger partial charge >= 0.3 is 0 Å². The minimum absolute atomic E-state index is 0.607. The van der Waals surface area contributed by atoms with Gasteiger partial charge in [-0.2, -0.15) is 0 Å². The van der Waals surface area contributed by atoms with Gasteiger partial charge in [0, 0.05) is 0 Å². The lowest BCUT2D eigenvalue weighted by atomic mass is 10.3. The summed E-state index contributed by atoms with van der Waals surface area (Å²) >= 11 is 8.47. The van der Waals surface area contributed by atoms with Gasteiger partial charge < -0.3 is 10.6 Å². The van der Waals surface area contributed by atoms with Crippen molar-refractivity contribution in [1.29, 1.82) is 0 Å². The highest BCUT2D eigenvalue weighted by Gasteiger charge is 2.27. The minimum atomic E-state index is -0.607. The van der Waals surface area contributed by atoms with Gasteiger partial charge in [0.25, 0.3) is 0 Å². The van der Waals surface area contributed by atoms with Crippen LogP contribution in [0.1, 0.15) is 0 Å². The summed E-state index contributed by atoms with van der Waals surface area (Å²) in [6.45, 7) is 0. The lowest BCUT2D eigenvalue weighted by molar-refractivity contribution is 1.14. The van der Waals surface area contributed by atoms with E-state index in [1.165, 1.54) is 0 Å². The normalized spacial score (nSPS) is 18.4. The Morgan fingerprint density at radius 1 is 1.00 bits per heavy atom. The van der Waals surface area contributed by atoms with E-state index >= 15 is 0 Å². The van der Waals surface area contributed by atoms with Gasteiger partial charge in [0.15, 0.2) is 0 Å². The van der Waals surface area contributed by atoms with Crippen LogP contribution < -0.4 is 10.6 Å². The van der Waals surface area contributed by atoms with E-state index in [9.17, 15) is 0 Å². The van der Waals surface area contributed by atoms with Crippen LogP contribution in [-0.2, 0) is 0 Å². The molecule has 0 aromatic heterocycles. The minimum Gasteiger partial charge on any atom is -0.344 e. The predicted octanol–water partition coefficient (Wildman–Crippen LogP) is 1.99. The zero-order chi connectivity index (χ0) is 7.90. The predicted molar refractivity (Wildman–Crippen MR) is 54.4 cm³/mol. The average molecular weight is 184 g/mol. The second kappa shape index (κ2) is 2.25. The van der Waals surface area contributed by atoms with Crippen LogP contribution in [0.5, 0.6) is 0 Å². The third-order valence-corrected chi connectivity index (χ3v) is 1.99. The molecular weight excluding hydrogens is 176 g/mol. The van der Waals surface area contributed by atoms with Crippen molar-refractivity contribution < 1.29 is 0 Å². The molecule has 0 bridgehead atoms. The molecule has 1 aromatic carbocycles. The quantitative estimate of drug-likeness (QED) is 0.366. The lowest BCUT2D eigenvalue weighted by Crippen LogP contribution is -2.27. The van der Waals surface area contributed by atoms with Crippen molar-refractivity contribution in [2.45, 2.75) is 4.33 Å². The number of hydrogen-bond donors (Lipinski definition) is 4. The number of thiol groups is 2. The first kappa shape index (κ1) is 7.18. The molecule has 0 aliphatic carbocycles. The Balaban J connectivity index is 2.41. The highest BCUT2D eigenvalue weighted by Crippen LogP contribution is 2.36. The summed E-state index contributed by atoms with van der Waals surface area (Å²) in [5, 5.41) is 6.18. The van der Waals surface area contributed by atoms with Gasteiger partial charge in [-0.05, 0) is 12.1 Å². The number of nitrogens with one attached hydrogen (secondary N) is 2. The van der Waals surface area contributed by atoms with Crippen LogP contribution in [0.2, 0.25) is 0 Å². The van der Waals surface area contributed by atoms with Crippen LogP contribution in [0.3, 0.4) is 0 Å². The topological polar surface area (TPSA) is 24.1 Å².